The summed E-state index contributed by atoms with van der Waals surface area (Å²) in [4.78, 5) is 11.9. The van der Waals surface area contributed by atoms with Crippen LogP contribution in [-0.4, -0.2) is 37.6 Å². The highest BCUT2D eigenvalue weighted by atomic mass is 35.5. The van der Waals surface area contributed by atoms with Gasteiger partial charge in [-0.3, -0.25) is 9.48 Å². The highest BCUT2D eigenvalue weighted by Gasteiger charge is 2.24. The predicted octanol–water partition coefficient (Wildman–Crippen LogP) is 4.63. The van der Waals surface area contributed by atoms with Gasteiger partial charge in [0.05, 0.1) is 34.6 Å². The van der Waals surface area contributed by atoms with E-state index >= 15 is 0 Å². The Balaban J connectivity index is 1.65. The first-order valence-electron chi connectivity index (χ1n) is 11.1. The van der Waals surface area contributed by atoms with E-state index in [0.717, 1.165) is 28.0 Å². The Morgan fingerprint density at radius 1 is 1.11 bits per heavy atom. The normalized spacial score (nSPS) is 11.7. The first kappa shape index (κ1) is 25.4. The molecule has 0 bridgehead atoms. The van der Waals surface area contributed by atoms with Crippen molar-refractivity contribution in [1.82, 2.24) is 9.78 Å². The van der Waals surface area contributed by atoms with Gasteiger partial charge in [-0.25, -0.2) is 8.42 Å². The lowest BCUT2D eigenvalue weighted by atomic mass is 10.0. The van der Waals surface area contributed by atoms with Gasteiger partial charge < -0.3 is 10.5 Å². The molecule has 0 spiro atoms. The third-order valence-electron chi connectivity index (χ3n) is 5.65. The largest absolute Gasteiger partial charge is 0.496 e. The van der Waals surface area contributed by atoms with Crippen molar-refractivity contribution in [3.63, 3.8) is 0 Å². The van der Waals surface area contributed by atoms with Crippen LogP contribution in [0, 0.1) is 0 Å². The van der Waals surface area contributed by atoms with Crippen LogP contribution in [0.5, 0.6) is 5.75 Å². The molecule has 2 aromatic heterocycles. The summed E-state index contributed by atoms with van der Waals surface area (Å²) in [7, 11) is -2.08. The molecule has 2 N–H and O–H groups in total. The van der Waals surface area contributed by atoms with Crippen molar-refractivity contribution >= 4 is 49.5 Å². The Labute approximate surface area is 213 Å². The van der Waals surface area contributed by atoms with E-state index < -0.39 is 9.84 Å². The van der Waals surface area contributed by atoms with Gasteiger partial charge in [0.25, 0.3) is 0 Å². The number of halogens is 1. The van der Waals surface area contributed by atoms with E-state index in [1.807, 2.05) is 36.4 Å². The van der Waals surface area contributed by atoms with E-state index in [4.69, 9.17) is 27.2 Å². The quantitative estimate of drug-likeness (QED) is 0.302. The van der Waals surface area contributed by atoms with Crippen LogP contribution < -0.4 is 10.5 Å². The number of nitrogens with two attached hydrogens (primary N) is 1. The summed E-state index contributed by atoms with van der Waals surface area (Å²) in [5, 5.41) is 5.37. The van der Waals surface area contributed by atoms with Crippen molar-refractivity contribution in [3.05, 3.63) is 75.8 Å². The maximum absolute atomic E-state index is 13.1. The van der Waals surface area contributed by atoms with Gasteiger partial charge in [0.15, 0.2) is 9.84 Å². The second kappa shape index (κ2) is 10.9. The Morgan fingerprint density at radius 3 is 2.60 bits per heavy atom. The molecule has 2 heterocycles. The molecule has 4 aromatic rings. The topological polar surface area (TPSA) is 104 Å². The average Bonchev–Trinajstić information content (AvgIpc) is 3.42. The number of aromatic nitrogens is 2. The first-order chi connectivity index (χ1) is 16.8. The molecule has 2 aromatic carbocycles. The number of hydrogen-bond acceptors (Lipinski definition) is 7. The van der Waals surface area contributed by atoms with Crippen molar-refractivity contribution in [3.8, 4) is 5.75 Å². The molecule has 0 aliphatic rings. The molecule has 0 fully saturated rings. The molecule has 0 atom stereocenters. The number of benzene rings is 2. The van der Waals surface area contributed by atoms with Gasteiger partial charge in [-0.1, -0.05) is 41.9 Å². The molecular formula is C25H26ClN3O4S2. The molecular weight excluding hydrogens is 506 g/mol. The van der Waals surface area contributed by atoms with Gasteiger partial charge in [-0.15, -0.1) is 11.3 Å². The van der Waals surface area contributed by atoms with E-state index in [1.165, 1.54) is 6.07 Å². The number of ether oxygens (including phenoxy) is 1. The van der Waals surface area contributed by atoms with Crippen LogP contribution in [0.1, 0.15) is 29.7 Å². The summed E-state index contributed by atoms with van der Waals surface area (Å²) in [5.74, 6) is 0.452. The lowest BCUT2D eigenvalue weighted by Gasteiger charge is -2.07. The zero-order valence-corrected chi connectivity index (χ0v) is 21.6. The Kier molecular flexibility index (Phi) is 7.91. The summed E-state index contributed by atoms with van der Waals surface area (Å²) in [6.07, 6.45) is 1.49. The molecule has 184 valence electrons. The monoisotopic (exact) mass is 531 g/mol. The SMILES string of the molecule is COc1cccc2c1c(CS(=O)(=O)c1ccc(Cl)s1)nn2Cc1cccc(CCC(=O)CCN)c1. The Bertz CT molecular complexity index is 1460. The van der Waals surface area contributed by atoms with E-state index in [9.17, 15) is 13.2 Å². The van der Waals surface area contributed by atoms with Crippen LogP contribution in [0.2, 0.25) is 4.34 Å². The van der Waals surface area contributed by atoms with Gasteiger partial charge in [0.2, 0.25) is 0 Å². The zero-order chi connectivity index (χ0) is 25.0. The molecule has 0 aliphatic heterocycles. The minimum Gasteiger partial charge on any atom is -0.496 e. The fraction of sp³-hybridized carbons (Fsp3) is 0.280. The summed E-state index contributed by atoms with van der Waals surface area (Å²) < 4.78 is 34.1. The predicted molar refractivity (Wildman–Crippen MR) is 139 cm³/mol. The number of aryl methyl sites for hydroxylation is 1. The Hall–Kier alpha value is -2.72. The van der Waals surface area contributed by atoms with E-state index in [-0.39, 0.29) is 15.7 Å². The molecule has 4 rings (SSSR count). The molecule has 0 saturated carbocycles. The summed E-state index contributed by atoms with van der Waals surface area (Å²) in [6.45, 7) is 0.811. The second-order valence-electron chi connectivity index (χ2n) is 8.17. The molecule has 0 saturated heterocycles. The number of thiophene rings is 1. The van der Waals surface area contributed by atoms with Gasteiger partial charge in [-0.05, 0) is 48.4 Å². The minimum absolute atomic E-state index is 0.154. The number of carbonyl (C=O) groups is 1. The number of rotatable bonds is 11. The molecule has 35 heavy (non-hydrogen) atoms. The smallest absolute Gasteiger partial charge is 0.193 e. The summed E-state index contributed by atoms with van der Waals surface area (Å²) in [5.41, 5.74) is 8.72. The fourth-order valence-corrected chi connectivity index (χ4v) is 6.86. The van der Waals surface area contributed by atoms with Crippen LogP contribution in [-0.2, 0) is 33.4 Å². The Morgan fingerprint density at radius 2 is 1.89 bits per heavy atom. The van der Waals surface area contributed by atoms with Gasteiger partial charge in [0, 0.05) is 12.8 Å². The molecule has 0 radical (unpaired) electrons. The van der Waals surface area contributed by atoms with Gasteiger partial charge in [0.1, 0.15) is 21.5 Å². The fourth-order valence-electron chi connectivity index (χ4n) is 4.01. The third-order valence-corrected chi connectivity index (χ3v) is 9.09. The summed E-state index contributed by atoms with van der Waals surface area (Å²) in [6, 6.07) is 16.6. The van der Waals surface area contributed by atoms with E-state index in [0.29, 0.717) is 53.5 Å². The second-order valence-corrected chi connectivity index (χ2v) is 12.1. The lowest BCUT2D eigenvalue weighted by molar-refractivity contribution is -0.118. The number of carbonyl (C=O) groups excluding carboxylic acids is 1. The third kappa shape index (κ3) is 5.92. The molecule has 0 amide bonds. The van der Waals surface area contributed by atoms with Crippen LogP contribution in [0.4, 0.5) is 0 Å². The zero-order valence-electron chi connectivity index (χ0n) is 19.2. The minimum atomic E-state index is -3.63. The molecule has 0 unspecified atom stereocenters. The maximum atomic E-state index is 13.1. The van der Waals surface area contributed by atoms with Crippen LogP contribution in [0.3, 0.4) is 0 Å². The standard InChI is InChI=1S/C25H26ClN3O4S2/c1-33-22-7-3-6-21-25(22)20(16-35(31,32)24-11-10-23(26)34-24)28-29(21)15-18-5-2-4-17(14-18)8-9-19(30)12-13-27/h2-7,10-11,14H,8-9,12-13,15-16,27H2,1H3. The molecule has 0 aliphatic carbocycles. The van der Waals surface area contributed by atoms with Crippen molar-refractivity contribution < 1.29 is 17.9 Å². The highest BCUT2D eigenvalue weighted by Crippen LogP contribution is 2.33. The average molecular weight is 532 g/mol. The number of sulfone groups is 1. The number of fused-ring (bicyclic) bond motifs is 1. The van der Waals surface area contributed by atoms with Crippen LogP contribution >= 0.6 is 22.9 Å². The van der Waals surface area contributed by atoms with Crippen LogP contribution in [0.25, 0.3) is 10.9 Å². The van der Waals surface area contributed by atoms with Crippen molar-refractivity contribution in [2.75, 3.05) is 13.7 Å². The highest BCUT2D eigenvalue weighted by molar-refractivity contribution is 7.92. The lowest BCUT2D eigenvalue weighted by Crippen LogP contribution is -2.08. The summed E-state index contributed by atoms with van der Waals surface area (Å²) >= 11 is 7.00. The van der Waals surface area contributed by atoms with Crippen LogP contribution in [0.15, 0.2) is 58.8 Å². The number of ketones is 1. The first-order valence-corrected chi connectivity index (χ1v) is 14.0. The van der Waals surface area contributed by atoms with Crippen molar-refractivity contribution in [2.45, 2.75) is 35.8 Å². The molecule has 7 nitrogen and oxygen atoms in total. The maximum Gasteiger partial charge on any atom is 0.193 e. The number of Topliss-reactive ketones (excluding diaryl/α,β-unsaturated/α-hetero) is 1. The molecule has 10 heteroatoms. The van der Waals surface area contributed by atoms with Gasteiger partial charge in [-0.2, -0.15) is 5.10 Å². The number of methoxy groups -OCH3 is 1. The van der Waals surface area contributed by atoms with E-state index in [2.05, 4.69) is 0 Å². The van der Waals surface area contributed by atoms with Crippen molar-refractivity contribution in [2.24, 2.45) is 5.73 Å². The van der Waals surface area contributed by atoms with Crippen molar-refractivity contribution in [1.29, 1.82) is 0 Å². The van der Waals surface area contributed by atoms with E-state index in [1.54, 1.807) is 23.9 Å². The van der Waals surface area contributed by atoms with Gasteiger partial charge >= 0.3 is 0 Å². The number of hydrogen-bond donors (Lipinski definition) is 1. The number of nitrogens with zero attached hydrogens (tertiary/aromatic N) is 2.